The van der Waals surface area contributed by atoms with Gasteiger partial charge in [-0.15, -0.1) is 0 Å². The average Bonchev–Trinajstić information content (AvgIpc) is 2.62. The lowest BCUT2D eigenvalue weighted by atomic mass is 9.49. The van der Waals surface area contributed by atoms with E-state index in [1.807, 2.05) is 37.3 Å². The Kier molecular flexibility index (Phi) is 4.54. The van der Waals surface area contributed by atoms with Crippen LogP contribution >= 0.6 is 0 Å². The zero-order valence-corrected chi connectivity index (χ0v) is 15.8. The van der Waals surface area contributed by atoms with Crippen LogP contribution in [-0.2, 0) is 14.3 Å². The monoisotopic (exact) mass is 355 g/mol. The molecule has 1 aromatic rings. The van der Waals surface area contributed by atoms with Crippen LogP contribution in [0, 0.1) is 23.2 Å². The third-order valence-corrected chi connectivity index (χ3v) is 6.75. The van der Waals surface area contributed by atoms with Gasteiger partial charge in [0.05, 0.1) is 5.41 Å². The summed E-state index contributed by atoms with van der Waals surface area (Å²) >= 11 is 0. The van der Waals surface area contributed by atoms with E-state index in [0.29, 0.717) is 24.3 Å². The minimum absolute atomic E-state index is 0.124. The van der Waals surface area contributed by atoms with E-state index in [9.17, 15) is 9.59 Å². The van der Waals surface area contributed by atoms with Crippen LogP contribution in [0.2, 0.25) is 0 Å². The summed E-state index contributed by atoms with van der Waals surface area (Å²) in [6.07, 6.45) is 6.03. The Morgan fingerprint density at radius 3 is 2.12 bits per heavy atom. The first-order valence-electron chi connectivity index (χ1n) is 10.1. The molecule has 4 nitrogen and oxygen atoms in total. The van der Waals surface area contributed by atoms with E-state index in [1.165, 1.54) is 19.3 Å². The van der Waals surface area contributed by atoms with Crippen molar-refractivity contribution in [2.45, 2.75) is 58.5 Å². The van der Waals surface area contributed by atoms with E-state index < -0.39 is 6.10 Å². The summed E-state index contributed by atoms with van der Waals surface area (Å²) in [6.45, 7) is 4.22. The van der Waals surface area contributed by atoms with Crippen LogP contribution in [0.4, 0.5) is 5.69 Å². The summed E-state index contributed by atoms with van der Waals surface area (Å²) in [5.74, 6) is 1.81. The van der Waals surface area contributed by atoms with Crippen LogP contribution in [0.15, 0.2) is 30.3 Å². The molecule has 0 saturated heterocycles. The maximum Gasteiger partial charge on any atom is 0.312 e. The quantitative estimate of drug-likeness (QED) is 0.744. The Morgan fingerprint density at radius 1 is 1.08 bits per heavy atom. The highest BCUT2D eigenvalue weighted by Crippen LogP contribution is 2.60. The van der Waals surface area contributed by atoms with Crippen molar-refractivity contribution in [1.29, 1.82) is 0 Å². The zero-order chi connectivity index (χ0) is 18.3. The number of carbonyl (C=O) groups excluding carboxylic acids is 2. The predicted octanol–water partition coefficient (Wildman–Crippen LogP) is 4.19. The summed E-state index contributed by atoms with van der Waals surface area (Å²) in [6, 6.07) is 9.58. The van der Waals surface area contributed by atoms with Crippen molar-refractivity contribution < 1.29 is 14.3 Å². The highest BCUT2D eigenvalue weighted by molar-refractivity contribution is 5.97. The maximum absolute atomic E-state index is 13.1. The van der Waals surface area contributed by atoms with E-state index >= 15 is 0 Å². The lowest BCUT2D eigenvalue weighted by Crippen LogP contribution is -2.52. The highest BCUT2D eigenvalue weighted by atomic mass is 16.5. The molecule has 0 unspecified atom stereocenters. The SMILES string of the molecule is CCN(C(=O)[C@H](C)OC(=O)C12CC3CC(CC(C3)C1)C2)c1ccccc1. The van der Waals surface area contributed by atoms with E-state index in [0.717, 1.165) is 24.9 Å². The second-order valence-corrected chi connectivity index (χ2v) is 8.66. The number of likely N-dealkylation sites (N-methyl/N-ethyl adjacent to an activating group) is 1. The third-order valence-electron chi connectivity index (χ3n) is 6.75. The number of para-hydroxylation sites is 1. The number of rotatable bonds is 5. The van der Waals surface area contributed by atoms with Crippen molar-refractivity contribution in [1.82, 2.24) is 0 Å². The molecule has 26 heavy (non-hydrogen) atoms. The number of benzene rings is 1. The molecule has 0 radical (unpaired) electrons. The number of carbonyl (C=O) groups is 2. The van der Waals surface area contributed by atoms with Gasteiger partial charge in [0.15, 0.2) is 6.10 Å². The van der Waals surface area contributed by atoms with Crippen LogP contribution in [0.5, 0.6) is 0 Å². The summed E-state index contributed by atoms with van der Waals surface area (Å²) in [5, 5.41) is 0. The number of nitrogens with zero attached hydrogens (tertiary/aromatic N) is 1. The molecule has 0 heterocycles. The standard InChI is InChI=1S/C22H29NO3/c1-3-23(19-7-5-4-6-8-19)20(24)15(2)26-21(25)22-12-16-9-17(13-22)11-18(10-16)14-22/h4-8,15-18H,3,9-14H2,1-2H3/t15-,16?,17?,18?,22?/m0/s1. The largest absolute Gasteiger partial charge is 0.452 e. The van der Waals surface area contributed by atoms with Crippen LogP contribution in [-0.4, -0.2) is 24.5 Å². The summed E-state index contributed by atoms with van der Waals surface area (Å²) in [5.41, 5.74) is 0.533. The van der Waals surface area contributed by atoms with E-state index in [4.69, 9.17) is 4.74 Å². The molecule has 4 heteroatoms. The fraction of sp³-hybridized carbons (Fsp3) is 0.636. The first-order valence-corrected chi connectivity index (χ1v) is 10.1. The second kappa shape index (κ2) is 6.71. The molecule has 0 spiro atoms. The Bertz CT molecular complexity index is 649. The smallest absolute Gasteiger partial charge is 0.312 e. The van der Waals surface area contributed by atoms with Gasteiger partial charge >= 0.3 is 5.97 Å². The van der Waals surface area contributed by atoms with E-state index in [2.05, 4.69) is 0 Å². The van der Waals surface area contributed by atoms with Crippen LogP contribution < -0.4 is 4.90 Å². The fourth-order valence-electron chi connectivity index (χ4n) is 5.99. The molecule has 0 aliphatic heterocycles. The third kappa shape index (κ3) is 3.04. The normalized spacial score (nSPS) is 32.9. The molecule has 0 N–H and O–H groups in total. The van der Waals surface area contributed by atoms with Gasteiger partial charge in [0.1, 0.15) is 0 Å². The molecule has 140 valence electrons. The van der Waals surface area contributed by atoms with Crippen molar-refractivity contribution >= 4 is 17.6 Å². The molecule has 5 rings (SSSR count). The Balaban J connectivity index is 1.45. The Morgan fingerprint density at radius 2 is 1.62 bits per heavy atom. The topological polar surface area (TPSA) is 46.6 Å². The van der Waals surface area contributed by atoms with Crippen LogP contribution in [0.1, 0.15) is 52.4 Å². The Labute approximate surface area is 155 Å². The van der Waals surface area contributed by atoms with Crippen molar-refractivity contribution in [3.05, 3.63) is 30.3 Å². The number of ether oxygens (including phenoxy) is 1. The minimum atomic E-state index is -0.740. The summed E-state index contributed by atoms with van der Waals surface area (Å²) in [4.78, 5) is 27.6. The number of amides is 1. The summed E-state index contributed by atoms with van der Waals surface area (Å²) < 4.78 is 5.77. The van der Waals surface area contributed by atoms with Crippen LogP contribution in [0.3, 0.4) is 0 Å². The number of hydrogen-bond acceptors (Lipinski definition) is 3. The van der Waals surface area contributed by atoms with Gasteiger partial charge < -0.3 is 9.64 Å². The van der Waals surface area contributed by atoms with Gasteiger partial charge in [0, 0.05) is 12.2 Å². The van der Waals surface area contributed by atoms with Gasteiger partial charge in [0.2, 0.25) is 0 Å². The Hall–Kier alpha value is -1.84. The molecule has 4 saturated carbocycles. The minimum Gasteiger partial charge on any atom is -0.452 e. The molecule has 4 bridgehead atoms. The molecular weight excluding hydrogens is 326 g/mol. The van der Waals surface area contributed by atoms with Gasteiger partial charge in [-0.1, -0.05) is 18.2 Å². The molecule has 4 aliphatic carbocycles. The molecule has 4 aliphatic rings. The number of hydrogen-bond donors (Lipinski definition) is 0. The first kappa shape index (κ1) is 17.6. The average molecular weight is 355 g/mol. The lowest BCUT2D eigenvalue weighted by molar-refractivity contribution is -0.178. The van der Waals surface area contributed by atoms with Crippen molar-refractivity contribution in [3.8, 4) is 0 Å². The van der Waals surface area contributed by atoms with Crippen molar-refractivity contribution in [3.63, 3.8) is 0 Å². The van der Waals surface area contributed by atoms with Gasteiger partial charge in [-0.2, -0.15) is 0 Å². The van der Waals surface area contributed by atoms with E-state index in [-0.39, 0.29) is 17.3 Å². The van der Waals surface area contributed by atoms with Gasteiger partial charge in [0.25, 0.3) is 5.91 Å². The molecule has 1 aromatic carbocycles. The first-order chi connectivity index (χ1) is 12.5. The van der Waals surface area contributed by atoms with Crippen LogP contribution in [0.25, 0.3) is 0 Å². The highest BCUT2D eigenvalue weighted by Gasteiger charge is 2.55. The number of esters is 1. The second-order valence-electron chi connectivity index (χ2n) is 8.66. The van der Waals surface area contributed by atoms with Gasteiger partial charge in [-0.05, 0) is 82.3 Å². The molecule has 0 aromatic heterocycles. The molecule has 4 fully saturated rings. The maximum atomic E-state index is 13.1. The number of anilines is 1. The van der Waals surface area contributed by atoms with Gasteiger partial charge in [-0.25, -0.2) is 0 Å². The fourth-order valence-corrected chi connectivity index (χ4v) is 5.99. The summed E-state index contributed by atoms with van der Waals surface area (Å²) in [7, 11) is 0. The van der Waals surface area contributed by atoms with Crippen molar-refractivity contribution in [2.24, 2.45) is 23.2 Å². The van der Waals surface area contributed by atoms with E-state index in [1.54, 1.807) is 11.8 Å². The van der Waals surface area contributed by atoms with Crippen molar-refractivity contribution in [2.75, 3.05) is 11.4 Å². The van der Waals surface area contributed by atoms with Gasteiger partial charge in [-0.3, -0.25) is 9.59 Å². The molecule has 1 amide bonds. The predicted molar refractivity (Wildman–Crippen MR) is 101 cm³/mol. The lowest BCUT2D eigenvalue weighted by Gasteiger charge is -2.55. The zero-order valence-electron chi connectivity index (χ0n) is 15.8. The molecular formula is C22H29NO3. The molecule has 1 atom stereocenters.